The summed E-state index contributed by atoms with van der Waals surface area (Å²) >= 11 is 0. The maximum atomic E-state index is 10.9. The fraction of sp³-hybridized carbons (Fsp3) is 0.300. The molecule has 5 nitrogen and oxygen atoms in total. The standard InChI is InChI=1S/C10H11N3O2/c1-3-13-9-7(5-12-13)6(2)8(4-11-9)10(14)15/h4-5H,3H2,1-2H3,(H,14,15). The van der Waals surface area contributed by atoms with Gasteiger partial charge in [-0.05, 0) is 19.4 Å². The second kappa shape index (κ2) is 3.34. The Morgan fingerprint density at radius 3 is 2.87 bits per heavy atom. The first-order valence-electron chi connectivity index (χ1n) is 4.69. The van der Waals surface area contributed by atoms with Gasteiger partial charge in [0, 0.05) is 18.1 Å². The predicted molar refractivity (Wildman–Crippen MR) is 54.9 cm³/mol. The Labute approximate surface area is 86.4 Å². The molecule has 0 atom stereocenters. The number of hydrogen-bond donors (Lipinski definition) is 1. The number of rotatable bonds is 2. The van der Waals surface area contributed by atoms with Crippen molar-refractivity contribution in [3.05, 3.63) is 23.5 Å². The topological polar surface area (TPSA) is 68.0 Å². The summed E-state index contributed by atoms with van der Waals surface area (Å²) in [7, 11) is 0. The number of carboxylic acids is 1. The zero-order valence-corrected chi connectivity index (χ0v) is 8.56. The lowest BCUT2D eigenvalue weighted by Crippen LogP contribution is -2.03. The van der Waals surface area contributed by atoms with Crippen LogP contribution in [-0.4, -0.2) is 25.8 Å². The van der Waals surface area contributed by atoms with Crippen LogP contribution in [0.5, 0.6) is 0 Å². The van der Waals surface area contributed by atoms with E-state index in [9.17, 15) is 4.79 Å². The summed E-state index contributed by atoms with van der Waals surface area (Å²) in [5.41, 5.74) is 1.69. The molecular weight excluding hydrogens is 194 g/mol. The van der Waals surface area contributed by atoms with Gasteiger partial charge < -0.3 is 5.11 Å². The minimum Gasteiger partial charge on any atom is -0.478 e. The first-order valence-corrected chi connectivity index (χ1v) is 4.69. The van der Waals surface area contributed by atoms with Crippen molar-refractivity contribution in [2.24, 2.45) is 0 Å². The molecule has 0 saturated carbocycles. The molecule has 0 radical (unpaired) electrons. The fourth-order valence-electron chi connectivity index (χ4n) is 1.59. The van der Waals surface area contributed by atoms with Crippen LogP contribution in [-0.2, 0) is 6.54 Å². The van der Waals surface area contributed by atoms with Gasteiger partial charge >= 0.3 is 5.97 Å². The first-order chi connectivity index (χ1) is 7.15. The van der Waals surface area contributed by atoms with Crippen molar-refractivity contribution < 1.29 is 9.90 Å². The smallest absolute Gasteiger partial charge is 0.337 e. The van der Waals surface area contributed by atoms with Gasteiger partial charge in [0.2, 0.25) is 0 Å². The molecule has 2 aromatic heterocycles. The monoisotopic (exact) mass is 205 g/mol. The van der Waals surface area contributed by atoms with Gasteiger partial charge in [-0.1, -0.05) is 0 Å². The molecule has 2 aromatic rings. The van der Waals surface area contributed by atoms with E-state index >= 15 is 0 Å². The minimum atomic E-state index is -0.953. The van der Waals surface area contributed by atoms with Crippen LogP contribution in [0.25, 0.3) is 11.0 Å². The number of carbonyl (C=O) groups is 1. The highest BCUT2D eigenvalue weighted by Crippen LogP contribution is 2.19. The molecule has 0 spiro atoms. The molecule has 2 rings (SSSR count). The zero-order valence-electron chi connectivity index (χ0n) is 8.56. The van der Waals surface area contributed by atoms with Crippen molar-refractivity contribution >= 4 is 17.0 Å². The third kappa shape index (κ3) is 1.36. The number of aryl methyl sites for hydroxylation is 2. The summed E-state index contributed by atoms with van der Waals surface area (Å²) in [5.74, 6) is -0.953. The lowest BCUT2D eigenvalue weighted by molar-refractivity contribution is 0.0696. The molecule has 0 aromatic carbocycles. The van der Waals surface area contributed by atoms with Crippen molar-refractivity contribution in [3.8, 4) is 0 Å². The van der Waals surface area contributed by atoms with Crippen LogP contribution in [0, 0.1) is 6.92 Å². The molecule has 0 amide bonds. The Morgan fingerprint density at radius 2 is 2.27 bits per heavy atom. The molecular formula is C10H11N3O2. The first kappa shape index (κ1) is 9.64. The van der Waals surface area contributed by atoms with Gasteiger partial charge in [0.1, 0.15) is 0 Å². The van der Waals surface area contributed by atoms with Crippen LogP contribution in [0.1, 0.15) is 22.8 Å². The van der Waals surface area contributed by atoms with Gasteiger partial charge in [-0.3, -0.25) is 0 Å². The van der Waals surface area contributed by atoms with E-state index in [0.29, 0.717) is 5.56 Å². The van der Waals surface area contributed by atoms with Crippen LogP contribution >= 0.6 is 0 Å². The van der Waals surface area contributed by atoms with E-state index in [1.807, 2.05) is 6.92 Å². The molecule has 0 saturated heterocycles. The molecule has 2 heterocycles. The van der Waals surface area contributed by atoms with Crippen molar-refractivity contribution in [1.82, 2.24) is 14.8 Å². The predicted octanol–water partition coefficient (Wildman–Crippen LogP) is 1.46. The molecule has 0 aliphatic carbocycles. The number of fused-ring (bicyclic) bond motifs is 1. The highest BCUT2D eigenvalue weighted by atomic mass is 16.4. The number of pyridine rings is 1. The maximum absolute atomic E-state index is 10.9. The minimum absolute atomic E-state index is 0.234. The summed E-state index contributed by atoms with van der Waals surface area (Å²) in [4.78, 5) is 15.0. The summed E-state index contributed by atoms with van der Waals surface area (Å²) in [6, 6.07) is 0. The summed E-state index contributed by atoms with van der Waals surface area (Å²) in [6.07, 6.45) is 3.04. The summed E-state index contributed by atoms with van der Waals surface area (Å²) < 4.78 is 1.74. The third-order valence-electron chi connectivity index (χ3n) is 2.47. The number of nitrogens with zero attached hydrogens (tertiary/aromatic N) is 3. The van der Waals surface area contributed by atoms with Gasteiger partial charge in [0.15, 0.2) is 5.65 Å². The number of aromatic carboxylic acids is 1. The van der Waals surface area contributed by atoms with Crippen molar-refractivity contribution in [3.63, 3.8) is 0 Å². The molecule has 0 aliphatic heterocycles. The third-order valence-corrected chi connectivity index (χ3v) is 2.47. The van der Waals surface area contributed by atoms with Crippen molar-refractivity contribution in [1.29, 1.82) is 0 Å². The molecule has 0 unspecified atom stereocenters. The van der Waals surface area contributed by atoms with Crippen LogP contribution in [0.15, 0.2) is 12.4 Å². The lowest BCUT2D eigenvalue weighted by Gasteiger charge is -2.02. The van der Waals surface area contributed by atoms with Crippen LogP contribution in [0.3, 0.4) is 0 Å². The average molecular weight is 205 g/mol. The van der Waals surface area contributed by atoms with Gasteiger partial charge in [-0.15, -0.1) is 0 Å². The Hall–Kier alpha value is -1.91. The molecule has 1 N–H and O–H groups in total. The van der Waals surface area contributed by atoms with E-state index in [0.717, 1.165) is 17.6 Å². The van der Waals surface area contributed by atoms with E-state index in [4.69, 9.17) is 5.11 Å². The van der Waals surface area contributed by atoms with Crippen LogP contribution in [0.4, 0.5) is 0 Å². The zero-order chi connectivity index (χ0) is 11.0. The average Bonchev–Trinajstić information content (AvgIpc) is 2.61. The van der Waals surface area contributed by atoms with E-state index in [2.05, 4.69) is 10.1 Å². The Bertz CT molecular complexity index is 531. The van der Waals surface area contributed by atoms with Crippen LogP contribution in [0.2, 0.25) is 0 Å². The molecule has 5 heteroatoms. The second-order valence-electron chi connectivity index (χ2n) is 3.30. The summed E-state index contributed by atoms with van der Waals surface area (Å²) in [5, 5.41) is 13.9. The Kier molecular flexibility index (Phi) is 2.15. The van der Waals surface area contributed by atoms with Crippen molar-refractivity contribution in [2.45, 2.75) is 20.4 Å². The molecule has 0 bridgehead atoms. The highest BCUT2D eigenvalue weighted by Gasteiger charge is 2.13. The van der Waals surface area contributed by atoms with Gasteiger partial charge in [0.05, 0.1) is 11.8 Å². The van der Waals surface area contributed by atoms with Crippen LogP contribution < -0.4 is 0 Å². The quantitative estimate of drug-likeness (QED) is 0.805. The Balaban J connectivity index is 2.75. The molecule has 15 heavy (non-hydrogen) atoms. The lowest BCUT2D eigenvalue weighted by atomic mass is 10.1. The molecule has 0 fully saturated rings. The van der Waals surface area contributed by atoms with E-state index in [1.165, 1.54) is 6.20 Å². The molecule has 0 aliphatic rings. The van der Waals surface area contributed by atoms with Crippen molar-refractivity contribution in [2.75, 3.05) is 0 Å². The largest absolute Gasteiger partial charge is 0.478 e. The normalized spacial score (nSPS) is 10.8. The number of hydrogen-bond acceptors (Lipinski definition) is 3. The second-order valence-corrected chi connectivity index (χ2v) is 3.30. The van der Waals surface area contributed by atoms with E-state index < -0.39 is 5.97 Å². The fourth-order valence-corrected chi connectivity index (χ4v) is 1.59. The van der Waals surface area contributed by atoms with E-state index in [-0.39, 0.29) is 5.56 Å². The Morgan fingerprint density at radius 1 is 1.53 bits per heavy atom. The molecule has 78 valence electrons. The number of aromatic nitrogens is 3. The van der Waals surface area contributed by atoms with Gasteiger partial charge in [-0.25, -0.2) is 14.5 Å². The van der Waals surface area contributed by atoms with Gasteiger partial charge in [0.25, 0.3) is 0 Å². The van der Waals surface area contributed by atoms with E-state index in [1.54, 1.807) is 17.8 Å². The number of carboxylic acid groups (broad SMARTS) is 1. The summed E-state index contributed by atoms with van der Waals surface area (Å²) in [6.45, 7) is 4.46. The van der Waals surface area contributed by atoms with Gasteiger partial charge in [-0.2, -0.15) is 5.10 Å². The SMILES string of the molecule is CCn1ncc2c(C)c(C(=O)O)cnc21. The highest BCUT2D eigenvalue weighted by molar-refractivity contribution is 5.94. The maximum Gasteiger partial charge on any atom is 0.337 e.